The predicted octanol–water partition coefficient (Wildman–Crippen LogP) is 6.67. The molecule has 0 unspecified atom stereocenters. The minimum absolute atomic E-state index is 0.342. The number of unbranched alkanes of at least 4 members (excludes halogenated alkanes) is 1. The fraction of sp³-hybridized carbons (Fsp3) is 0.143. The smallest absolute Gasteiger partial charge is 0.337 e. The van der Waals surface area contributed by atoms with Gasteiger partial charge in [-0.15, -0.1) is 0 Å². The van der Waals surface area contributed by atoms with E-state index in [2.05, 4.69) is 26.7 Å². The van der Waals surface area contributed by atoms with E-state index in [1.807, 2.05) is 54.6 Å². The van der Waals surface area contributed by atoms with Gasteiger partial charge in [-0.05, 0) is 40.8 Å². The summed E-state index contributed by atoms with van der Waals surface area (Å²) >= 11 is 0. The number of ether oxygens (including phenoxy) is 1. The summed E-state index contributed by atoms with van der Waals surface area (Å²) in [7, 11) is 0. The number of aliphatic carboxylic acids is 1. The number of rotatable bonds is 10. The highest BCUT2D eigenvalue weighted by Crippen LogP contribution is 2.18. The van der Waals surface area contributed by atoms with Crippen molar-refractivity contribution in [1.29, 1.82) is 0 Å². The third kappa shape index (κ3) is 9.72. The number of hydrogen-bond donors (Lipinski definition) is 1. The van der Waals surface area contributed by atoms with Gasteiger partial charge in [0.15, 0.2) is 0 Å². The molecule has 2 rings (SSSR count). The molecule has 0 spiro atoms. The molecule has 1 N–H and O–H groups in total. The van der Waals surface area contributed by atoms with Crippen LogP contribution in [-0.2, 0) is 14.3 Å². The van der Waals surface area contributed by atoms with E-state index < -0.39 is 5.97 Å². The van der Waals surface area contributed by atoms with Gasteiger partial charge in [-0.25, -0.2) is 9.59 Å². The van der Waals surface area contributed by atoms with Crippen molar-refractivity contribution in [2.75, 3.05) is 6.61 Å². The summed E-state index contributed by atoms with van der Waals surface area (Å²) in [6.07, 6.45) is 11.5. The second-order valence-electron chi connectivity index (χ2n) is 6.69. The third-order valence-electron chi connectivity index (χ3n) is 4.27. The Morgan fingerprint density at radius 3 is 2.22 bits per heavy atom. The highest BCUT2D eigenvalue weighted by atomic mass is 16.5. The molecule has 0 saturated heterocycles. The summed E-state index contributed by atoms with van der Waals surface area (Å²) in [5, 5.41) is 8.53. The predicted molar refractivity (Wildman–Crippen MR) is 134 cm³/mol. The zero-order valence-electron chi connectivity index (χ0n) is 18.5. The number of carbonyl (C=O) groups is 2. The molecule has 0 aliphatic carbocycles. The van der Waals surface area contributed by atoms with E-state index in [9.17, 15) is 9.59 Å². The lowest BCUT2D eigenvalue weighted by atomic mass is 10.0. The summed E-state index contributed by atoms with van der Waals surface area (Å²) in [5.74, 6) is -1.31. The lowest BCUT2D eigenvalue weighted by molar-refractivity contribution is -0.138. The van der Waals surface area contributed by atoms with Gasteiger partial charge in [0.05, 0.1) is 12.2 Å². The molecule has 0 amide bonds. The third-order valence-corrected chi connectivity index (χ3v) is 4.27. The molecule has 0 radical (unpaired) electrons. The lowest BCUT2D eigenvalue weighted by Gasteiger charge is -2.04. The Morgan fingerprint density at radius 2 is 1.62 bits per heavy atom. The van der Waals surface area contributed by atoms with Crippen LogP contribution in [0, 0.1) is 0 Å². The first-order valence-electron chi connectivity index (χ1n) is 10.3. The van der Waals surface area contributed by atoms with Crippen molar-refractivity contribution < 1.29 is 19.4 Å². The molecule has 4 heteroatoms. The number of benzene rings is 2. The van der Waals surface area contributed by atoms with Crippen LogP contribution in [0.5, 0.6) is 0 Å². The van der Waals surface area contributed by atoms with E-state index in [0.29, 0.717) is 12.2 Å². The number of carbonyl (C=O) groups excluding carboxylic acids is 1. The van der Waals surface area contributed by atoms with Gasteiger partial charge in [-0.2, -0.15) is 0 Å². The fourth-order valence-corrected chi connectivity index (χ4v) is 2.55. The Morgan fingerprint density at radius 1 is 0.938 bits per heavy atom. The van der Waals surface area contributed by atoms with Gasteiger partial charge < -0.3 is 9.84 Å². The van der Waals surface area contributed by atoms with Crippen LogP contribution in [0.4, 0.5) is 0 Å². The lowest BCUT2D eigenvalue weighted by Crippen LogP contribution is -2.06. The number of carboxylic acid groups (broad SMARTS) is 1. The van der Waals surface area contributed by atoms with Crippen molar-refractivity contribution in [2.45, 2.75) is 19.8 Å². The fourth-order valence-electron chi connectivity index (χ4n) is 2.55. The van der Waals surface area contributed by atoms with E-state index in [-0.39, 0.29) is 5.97 Å². The van der Waals surface area contributed by atoms with Crippen LogP contribution >= 0.6 is 0 Å². The number of esters is 1. The molecule has 0 aliphatic heterocycles. The Kier molecular flexibility index (Phi) is 12.2. The first kappa shape index (κ1) is 26.1. The van der Waals surface area contributed by atoms with Gasteiger partial charge in [0, 0.05) is 6.08 Å². The van der Waals surface area contributed by atoms with E-state index in [1.54, 1.807) is 24.3 Å². The maximum Gasteiger partial charge on any atom is 0.337 e. The van der Waals surface area contributed by atoms with Crippen molar-refractivity contribution in [2.24, 2.45) is 0 Å². The molecule has 0 aromatic heterocycles. The van der Waals surface area contributed by atoms with Gasteiger partial charge in [-0.3, -0.25) is 0 Å². The molecule has 0 fully saturated rings. The van der Waals surface area contributed by atoms with Crippen molar-refractivity contribution in [3.05, 3.63) is 108 Å². The summed E-state index contributed by atoms with van der Waals surface area (Å²) in [6.45, 7) is 13.6. The summed E-state index contributed by atoms with van der Waals surface area (Å²) in [5.41, 5.74) is 4.08. The Balaban J connectivity index is 0.000000323. The molecule has 2 aromatic carbocycles. The van der Waals surface area contributed by atoms with Gasteiger partial charge >= 0.3 is 11.9 Å². The van der Waals surface area contributed by atoms with E-state index in [1.165, 1.54) is 0 Å². The second kappa shape index (κ2) is 15.0. The average molecular weight is 431 g/mol. The molecule has 0 bridgehead atoms. The molecular formula is C28H30O4. The van der Waals surface area contributed by atoms with Gasteiger partial charge in [0.1, 0.15) is 0 Å². The Hall–Kier alpha value is -3.92. The summed E-state index contributed by atoms with van der Waals surface area (Å²) < 4.78 is 5.04. The molecule has 0 aliphatic rings. The van der Waals surface area contributed by atoms with Crippen LogP contribution in [0.15, 0.2) is 86.0 Å². The van der Waals surface area contributed by atoms with Gasteiger partial charge in [0.2, 0.25) is 0 Å². The minimum Gasteiger partial charge on any atom is -0.478 e. The van der Waals surface area contributed by atoms with Crippen LogP contribution in [0.2, 0.25) is 0 Å². The van der Waals surface area contributed by atoms with E-state index >= 15 is 0 Å². The van der Waals surface area contributed by atoms with E-state index in [4.69, 9.17) is 9.84 Å². The zero-order valence-corrected chi connectivity index (χ0v) is 18.5. The highest BCUT2D eigenvalue weighted by Gasteiger charge is 2.04. The largest absolute Gasteiger partial charge is 0.478 e. The number of carboxylic acids is 1. The highest BCUT2D eigenvalue weighted by molar-refractivity contribution is 5.92. The molecule has 166 valence electrons. The molecule has 0 saturated carbocycles. The van der Waals surface area contributed by atoms with Gasteiger partial charge in [0.25, 0.3) is 0 Å². The van der Waals surface area contributed by atoms with Crippen molar-refractivity contribution in [1.82, 2.24) is 0 Å². The van der Waals surface area contributed by atoms with Crippen LogP contribution < -0.4 is 0 Å². The zero-order chi connectivity index (χ0) is 23.8. The number of hydrogen-bond acceptors (Lipinski definition) is 3. The average Bonchev–Trinajstić information content (AvgIpc) is 2.81. The van der Waals surface area contributed by atoms with Crippen molar-refractivity contribution >= 4 is 36.2 Å². The maximum atomic E-state index is 11.5. The second-order valence-corrected chi connectivity index (χ2v) is 6.69. The van der Waals surface area contributed by atoms with Crippen LogP contribution in [0.1, 0.15) is 42.0 Å². The van der Waals surface area contributed by atoms with Crippen LogP contribution in [-0.4, -0.2) is 23.7 Å². The molecule has 0 atom stereocenters. The molecule has 2 aromatic rings. The van der Waals surface area contributed by atoms with Gasteiger partial charge in [-0.1, -0.05) is 99.8 Å². The molecule has 32 heavy (non-hydrogen) atoms. The molecule has 4 nitrogen and oxygen atoms in total. The normalized spacial score (nSPS) is 10.3. The first-order chi connectivity index (χ1) is 15.4. The maximum absolute atomic E-state index is 11.5. The minimum atomic E-state index is -0.964. The SMILES string of the molecule is C=C(C=Cc1ccccc1)C(=O)OCCCC.C=Cc1cccc(C=CC(=O)O)c1C=C. The van der Waals surface area contributed by atoms with Crippen molar-refractivity contribution in [3.8, 4) is 0 Å². The summed E-state index contributed by atoms with van der Waals surface area (Å²) in [6, 6.07) is 15.4. The monoisotopic (exact) mass is 430 g/mol. The molecular weight excluding hydrogens is 400 g/mol. The Bertz CT molecular complexity index is 982. The molecule has 0 heterocycles. The van der Waals surface area contributed by atoms with Crippen LogP contribution in [0.25, 0.3) is 24.3 Å². The van der Waals surface area contributed by atoms with E-state index in [0.717, 1.165) is 41.2 Å². The van der Waals surface area contributed by atoms with Crippen LogP contribution in [0.3, 0.4) is 0 Å². The summed E-state index contributed by atoms with van der Waals surface area (Å²) in [4.78, 5) is 21.9. The Labute approximate surface area is 190 Å². The quantitative estimate of drug-likeness (QED) is 0.198. The van der Waals surface area contributed by atoms with Crippen molar-refractivity contribution in [3.63, 3.8) is 0 Å². The first-order valence-corrected chi connectivity index (χ1v) is 10.3. The topological polar surface area (TPSA) is 63.6 Å². The standard InChI is InChI=1S/C15H18O2.C13H12O2/c1-3-4-12-17-15(16)13(2)10-11-14-8-6-5-7-9-14;1-3-10-6-5-7-11(12(10)4-2)8-9-13(14)15/h5-11H,2-4,12H2,1H3;3-9H,1-2H2,(H,14,15).